The molecule has 0 saturated carbocycles. The second kappa shape index (κ2) is 11.9. The number of hydrogen-bond donors (Lipinski definition) is 0. The minimum absolute atomic E-state index is 0.390. The molecule has 36 heavy (non-hydrogen) atoms. The maximum Gasteiger partial charge on any atom is 0.415 e. The van der Waals surface area contributed by atoms with Gasteiger partial charge >= 0.3 is 6.09 Å². The number of aryl methyl sites for hydroxylation is 1. The van der Waals surface area contributed by atoms with E-state index in [1.165, 1.54) is 0 Å². The number of oxazole rings is 1. The predicted octanol–water partition coefficient (Wildman–Crippen LogP) is 6.94. The van der Waals surface area contributed by atoms with Gasteiger partial charge in [-0.2, -0.15) is 0 Å². The fourth-order valence-electron chi connectivity index (χ4n) is 3.76. The van der Waals surface area contributed by atoms with E-state index in [0.29, 0.717) is 36.9 Å². The van der Waals surface area contributed by atoms with Gasteiger partial charge in [0, 0.05) is 25.1 Å². The summed E-state index contributed by atoms with van der Waals surface area (Å²) in [6.45, 7) is 4.86. The molecule has 0 saturated heterocycles. The van der Waals surface area contributed by atoms with E-state index >= 15 is 0 Å². The van der Waals surface area contributed by atoms with Crippen LogP contribution in [0.3, 0.4) is 0 Å². The molecule has 1 aromatic heterocycles. The first-order valence-corrected chi connectivity index (χ1v) is 11.9. The van der Waals surface area contributed by atoms with E-state index in [1.54, 1.807) is 36.3 Å². The normalized spacial score (nSPS) is 11.0. The molecular weight excluding hydrogens is 452 g/mol. The molecule has 1 amide bonds. The molecule has 0 unspecified atom stereocenters. The molecule has 0 radical (unpaired) electrons. The monoisotopic (exact) mass is 482 g/mol. The molecule has 4 aromatic rings. The summed E-state index contributed by atoms with van der Waals surface area (Å²) in [6.07, 6.45) is 4.42. The van der Waals surface area contributed by atoms with E-state index in [0.717, 1.165) is 28.1 Å². The fraction of sp³-hybridized carbons (Fsp3) is 0.200. The lowest BCUT2D eigenvalue weighted by Crippen LogP contribution is -2.32. The first-order valence-electron chi connectivity index (χ1n) is 11.9. The zero-order valence-electron chi connectivity index (χ0n) is 20.8. The molecule has 0 aliphatic heterocycles. The molecule has 4 rings (SSSR count). The van der Waals surface area contributed by atoms with Crippen LogP contribution in [0.2, 0.25) is 0 Å². The van der Waals surface area contributed by atoms with Gasteiger partial charge in [-0.1, -0.05) is 48.6 Å². The van der Waals surface area contributed by atoms with Gasteiger partial charge < -0.3 is 18.8 Å². The Morgan fingerprint density at radius 1 is 1.00 bits per heavy atom. The van der Waals surface area contributed by atoms with Crippen LogP contribution in [0.15, 0.2) is 89.4 Å². The summed E-state index contributed by atoms with van der Waals surface area (Å²) in [4.78, 5) is 19.0. The van der Waals surface area contributed by atoms with Gasteiger partial charge in [-0.15, -0.1) is 0 Å². The van der Waals surface area contributed by atoms with Crippen LogP contribution in [-0.2, 0) is 13.0 Å². The summed E-state index contributed by atoms with van der Waals surface area (Å²) in [6, 6.07) is 25.0. The Labute approximate surface area is 211 Å². The third-order valence-electron chi connectivity index (χ3n) is 5.76. The van der Waals surface area contributed by atoms with Gasteiger partial charge in [0.1, 0.15) is 17.3 Å². The van der Waals surface area contributed by atoms with E-state index in [9.17, 15) is 4.79 Å². The predicted molar refractivity (Wildman–Crippen MR) is 141 cm³/mol. The second-order valence-corrected chi connectivity index (χ2v) is 8.30. The van der Waals surface area contributed by atoms with E-state index in [2.05, 4.69) is 23.2 Å². The Morgan fingerprint density at radius 2 is 1.75 bits per heavy atom. The highest BCUT2D eigenvalue weighted by Crippen LogP contribution is 2.22. The molecule has 1 heterocycles. The SMILES string of the molecule is CCN(Cc1cccc(/C=C\Cc2nc(-c3ccccc3)oc2C)c1)C(=O)Oc1ccc(OC)cc1. The van der Waals surface area contributed by atoms with Gasteiger partial charge in [0.15, 0.2) is 0 Å². The Kier molecular flexibility index (Phi) is 8.19. The van der Waals surface area contributed by atoms with Crippen molar-refractivity contribution in [1.82, 2.24) is 9.88 Å². The van der Waals surface area contributed by atoms with Crippen LogP contribution in [0.5, 0.6) is 11.5 Å². The van der Waals surface area contributed by atoms with Crippen molar-refractivity contribution >= 4 is 12.2 Å². The molecule has 0 fully saturated rings. The van der Waals surface area contributed by atoms with E-state index < -0.39 is 0 Å². The topological polar surface area (TPSA) is 64.8 Å². The van der Waals surface area contributed by atoms with Crippen molar-refractivity contribution in [3.63, 3.8) is 0 Å². The summed E-state index contributed by atoms with van der Waals surface area (Å²) in [5, 5.41) is 0. The summed E-state index contributed by atoms with van der Waals surface area (Å²) in [5.74, 6) is 2.65. The molecule has 0 bridgehead atoms. The Hall–Kier alpha value is -4.32. The number of benzene rings is 3. The zero-order chi connectivity index (χ0) is 25.3. The molecular formula is C30H30N2O4. The lowest BCUT2D eigenvalue weighted by molar-refractivity contribution is 0.152. The maximum absolute atomic E-state index is 12.7. The fourth-order valence-corrected chi connectivity index (χ4v) is 3.76. The van der Waals surface area contributed by atoms with Gasteiger partial charge in [0.25, 0.3) is 0 Å². The lowest BCUT2D eigenvalue weighted by atomic mass is 10.1. The average Bonchev–Trinajstić information content (AvgIpc) is 3.28. The molecule has 184 valence electrons. The van der Waals surface area contributed by atoms with Gasteiger partial charge in [0.2, 0.25) is 5.89 Å². The highest BCUT2D eigenvalue weighted by atomic mass is 16.6. The maximum atomic E-state index is 12.7. The number of methoxy groups -OCH3 is 1. The van der Waals surface area contributed by atoms with Gasteiger partial charge in [-0.05, 0) is 67.4 Å². The van der Waals surface area contributed by atoms with Crippen LogP contribution in [0.25, 0.3) is 17.5 Å². The summed E-state index contributed by atoms with van der Waals surface area (Å²) in [5.41, 5.74) is 3.96. The number of amides is 1. The molecule has 0 N–H and O–H groups in total. The Bertz CT molecular complexity index is 1310. The highest BCUT2D eigenvalue weighted by molar-refractivity contribution is 5.70. The Balaban J connectivity index is 1.37. The van der Waals surface area contributed by atoms with Gasteiger partial charge in [0.05, 0.1) is 12.8 Å². The molecule has 0 atom stereocenters. The number of ether oxygens (including phenoxy) is 2. The lowest BCUT2D eigenvalue weighted by Gasteiger charge is -2.20. The van der Waals surface area contributed by atoms with Crippen LogP contribution in [0, 0.1) is 6.92 Å². The summed E-state index contributed by atoms with van der Waals surface area (Å²) in [7, 11) is 1.60. The third kappa shape index (κ3) is 6.42. The van der Waals surface area contributed by atoms with Crippen molar-refractivity contribution in [3.05, 3.63) is 108 Å². The molecule has 0 aliphatic rings. The molecule has 6 nitrogen and oxygen atoms in total. The Morgan fingerprint density at radius 3 is 2.47 bits per heavy atom. The standard InChI is InChI=1S/C30H30N2O4/c1-4-32(30(33)36-27-18-16-26(34-3)17-19-27)21-24-12-8-10-23(20-24)11-9-15-28-22(2)35-29(31-28)25-13-6-5-7-14-25/h5-14,16-20H,4,15,21H2,1-3H3/b11-9-. The minimum atomic E-state index is -0.390. The summed E-state index contributed by atoms with van der Waals surface area (Å²) >= 11 is 0. The minimum Gasteiger partial charge on any atom is -0.497 e. The van der Waals surface area contributed by atoms with Crippen LogP contribution >= 0.6 is 0 Å². The van der Waals surface area contributed by atoms with E-state index in [4.69, 9.17) is 13.9 Å². The molecule has 0 aliphatic carbocycles. The number of carbonyl (C=O) groups excluding carboxylic acids is 1. The molecule has 0 spiro atoms. The number of allylic oxidation sites excluding steroid dienone is 1. The van der Waals surface area contributed by atoms with Gasteiger partial charge in [-0.3, -0.25) is 0 Å². The third-order valence-corrected chi connectivity index (χ3v) is 5.76. The molecule has 6 heteroatoms. The number of aromatic nitrogens is 1. The summed E-state index contributed by atoms with van der Waals surface area (Å²) < 4.78 is 16.5. The first-order chi connectivity index (χ1) is 17.6. The number of hydrogen-bond acceptors (Lipinski definition) is 5. The van der Waals surface area contributed by atoms with Crippen LogP contribution < -0.4 is 9.47 Å². The second-order valence-electron chi connectivity index (χ2n) is 8.30. The smallest absolute Gasteiger partial charge is 0.415 e. The number of rotatable bonds is 9. The average molecular weight is 483 g/mol. The van der Waals surface area contributed by atoms with Crippen molar-refractivity contribution in [1.29, 1.82) is 0 Å². The molecule has 3 aromatic carbocycles. The van der Waals surface area contributed by atoms with Gasteiger partial charge in [-0.25, -0.2) is 9.78 Å². The van der Waals surface area contributed by atoms with E-state index in [1.807, 2.05) is 62.4 Å². The largest absolute Gasteiger partial charge is 0.497 e. The van der Waals surface area contributed by atoms with Crippen LogP contribution in [0.1, 0.15) is 29.5 Å². The van der Waals surface area contributed by atoms with Crippen LogP contribution in [-0.4, -0.2) is 29.6 Å². The van der Waals surface area contributed by atoms with Crippen molar-refractivity contribution in [2.75, 3.05) is 13.7 Å². The van der Waals surface area contributed by atoms with Crippen molar-refractivity contribution in [2.45, 2.75) is 26.8 Å². The van der Waals surface area contributed by atoms with E-state index in [-0.39, 0.29) is 6.09 Å². The number of nitrogens with zero attached hydrogens (tertiary/aromatic N) is 2. The number of carbonyl (C=O) groups is 1. The quantitative estimate of drug-likeness (QED) is 0.259. The zero-order valence-corrected chi connectivity index (χ0v) is 20.8. The van der Waals surface area contributed by atoms with Crippen molar-refractivity contribution < 1.29 is 18.7 Å². The highest BCUT2D eigenvalue weighted by Gasteiger charge is 2.15. The van der Waals surface area contributed by atoms with Crippen molar-refractivity contribution in [3.8, 4) is 23.0 Å². The van der Waals surface area contributed by atoms with Crippen molar-refractivity contribution in [2.24, 2.45) is 0 Å². The first kappa shape index (κ1) is 24.8. The van der Waals surface area contributed by atoms with Crippen LogP contribution in [0.4, 0.5) is 4.79 Å².